The number of phenolic OH excluding ortho intramolecular Hbond substituents is 1. The van der Waals surface area contributed by atoms with E-state index in [-0.39, 0.29) is 29.6 Å². The summed E-state index contributed by atoms with van der Waals surface area (Å²) < 4.78 is 29.8. The molecule has 2 N–H and O–H groups in total. The van der Waals surface area contributed by atoms with Gasteiger partial charge in [-0.05, 0) is 24.6 Å². The fourth-order valence-corrected chi connectivity index (χ4v) is 1.50. The van der Waals surface area contributed by atoms with E-state index < -0.39 is 20.8 Å². The fraction of sp³-hybridized carbons (Fsp3) is 0.143. The van der Waals surface area contributed by atoms with Crippen molar-refractivity contribution in [1.29, 1.82) is 0 Å². The van der Waals surface area contributed by atoms with Crippen molar-refractivity contribution >= 4 is 10.1 Å². The molecule has 1 aromatic rings. The maximum Gasteiger partial charge on any atom is 1.00 e. The summed E-state index contributed by atoms with van der Waals surface area (Å²) in [6.45, 7) is 1.66. The predicted octanol–water partition coefficient (Wildman–Crippen LogP) is -2.05. The average Bonchev–Trinajstić information content (AvgIpc) is 1.92. The number of aryl methyl sites for hydroxylation is 1. The van der Waals surface area contributed by atoms with Gasteiger partial charge in [-0.25, -0.2) is 0 Å². The second kappa shape index (κ2) is 4.43. The van der Waals surface area contributed by atoms with Gasteiger partial charge in [-0.2, -0.15) is 8.42 Å². The molecule has 6 heteroatoms. The Hall–Kier alpha value is -0.0700. The first-order chi connectivity index (χ1) is 5.41. The molecular weight excluding hydrogens is 203 g/mol. The van der Waals surface area contributed by atoms with E-state index in [4.69, 9.17) is 9.66 Å². The van der Waals surface area contributed by atoms with Crippen LogP contribution in [0.2, 0.25) is 0 Å². The minimum atomic E-state index is -4.31. The van der Waals surface area contributed by atoms with Gasteiger partial charge in [-0.3, -0.25) is 4.55 Å². The quantitative estimate of drug-likeness (QED) is 0.414. The molecule has 13 heavy (non-hydrogen) atoms. The van der Waals surface area contributed by atoms with Crippen molar-refractivity contribution in [3.05, 3.63) is 23.8 Å². The van der Waals surface area contributed by atoms with E-state index >= 15 is 0 Å². The monoisotopic (exact) mass is 211 g/mol. The van der Waals surface area contributed by atoms with Crippen molar-refractivity contribution in [2.24, 2.45) is 0 Å². The van der Waals surface area contributed by atoms with Gasteiger partial charge in [0, 0.05) is 0 Å². The van der Waals surface area contributed by atoms with E-state index in [2.05, 4.69) is 0 Å². The number of phenols is 1. The van der Waals surface area contributed by atoms with Crippen LogP contribution in [0, 0.1) is 6.92 Å². The molecule has 0 fully saturated rings. The van der Waals surface area contributed by atoms with Crippen LogP contribution in [0.4, 0.5) is 0 Å². The van der Waals surface area contributed by atoms with Gasteiger partial charge in [0.25, 0.3) is 10.1 Å². The third-order valence-corrected chi connectivity index (χ3v) is 2.28. The normalized spacial score (nSPS) is 10.6. The van der Waals surface area contributed by atoms with Crippen LogP contribution in [-0.2, 0) is 10.1 Å². The van der Waals surface area contributed by atoms with E-state index in [1.54, 1.807) is 13.0 Å². The van der Waals surface area contributed by atoms with Crippen LogP contribution in [0.5, 0.6) is 5.75 Å². The molecular formula is C7H8NaO4S+. The predicted molar refractivity (Wildman–Crippen MR) is 42.7 cm³/mol. The Morgan fingerprint density at radius 1 is 1.31 bits per heavy atom. The van der Waals surface area contributed by atoms with Crippen LogP contribution in [0.25, 0.3) is 0 Å². The van der Waals surface area contributed by atoms with Crippen LogP contribution in [0.1, 0.15) is 5.56 Å². The number of benzene rings is 1. The molecule has 0 amide bonds. The zero-order valence-corrected chi connectivity index (χ0v) is 10.2. The summed E-state index contributed by atoms with van der Waals surface area (Å²) in [4.78, 5) is -0.456. The zero-order valence-electron chi connectivity index (χ0n) is 7.35. The van der Waals surface area contributed by atoms with Gasteiger partial charge in [0.05, 0.1) is 0 Å². The Bertz CT molecular complexity index is 399. The molecule has 1 aromatic carbocycles. The molecule has 0 aromatic heterocycles. The van der Waals surface area contributed by atoms with Gasteiger partial charge in [0.15, 0.2) is 0 Å². The summed E-state index contributed by atoms with van der Waals surface area (Å²) in [6.07, 6.45) is 0. The first kappa shape index (κ1) is 12.9. The summed E-state index contributed by atoms with van der Waals surface area (Å²) in [5, 5.41) is 9.03. The Kier molecular flexibility index (Phi) is 4.41. The molecule has 0 aliphatic rings. The molecule has 1 rings (SSSR count). The first-order valence-electron chi connectivity index (χ1n) is 3.18. The van der Waals surface area contributed by atoms with Crippen LogP contribution in [0.3, 0.4) is 0 Å². The van der Waals surface area contributed by atoms with Crippen molar-refractivity contribution < 1.29 is 47.6 Å². The third-order valence-electron chi connectivity index (χ3n) is 1.39. The van der Waals surface area contributed by atoms with Gasteiger partial charge >= 0.3 is 29.6 Å². The molecule has 4 nitrogen and oxygen atoms in total. The van der Waals surface area contributed by atoms with E-state index in [1.165, 1.54) is 12.1 Å². The topological polar surface area (TPSA) is 74.6 Å². The minimum Gasteiger partial charge on any atom is -0.506 e. The molecule has 0 atom stereocenters. The fourth-order valence-electron chi connectivity index (χ4n) is 0.828. The minimum absolute atomic E-state index is 0. The van der Waals surface area contributed by atoms with Gasteiger partial charge in [0.1, 0.15) is 10.6 Å². The molecule has 0 radical (unpaired) electrons. The summed E-state index contributed by atoms with van der Waals surface area (Å²) in [5.41, 5.74) is 0.653. The van der Waals surface area contributed by atoms with Crippen molar-refractivity contribution in [3.8, 4) is 5.75 Å². The van der Waals surface area contributed by atoms with Crippen LogP contribution < -0.4 is 29.6 Å². The summed E-state index contributed by atoms with van der Waals surface area (Å²) in [5.74, 6) is -0.442. The molecule has 0 saturated heterocycles. The Labute approximate surface area is 98.6 Å². The molecule has 66 valence electrons. The van der Waals surface area contributed by atoms with E-state index in [0.29, 0.717) is 5.56 Å². The molecule has 0 saturated carbocycles. The molecule has 0 aliphatic carbocycles. The molecule has 0 bridgehead atoms. The maximum atomic E-state index is 10.6. The number of hydrogen-bond acceptors (Lipinski definition) is 3. The number of hydrogen-bond donors (Lipinski definition) is 2. The zero-order chi connectivity index (χ0) is 9.35. The molecule has 0 aliphatic heterocycles. The van der Waals surface area contributed by atoms with Crippen molar-refractivity contribution in [2.45, 2.75) is 11.8 Å². The number of rotatable bonds is 1. The average molecular weight is 211 g/mol. The standard InChI is InChI=1S/C7H8O4S.Na/c1-5-2-3-6(8)7(4-5)12(9,10)11;/h2-4,8H,1H3,(H,9,10,11);/q;+1. The third kappa shape index (κ3) is 3.28. The molecule has 0 unspecified atom stereocenters. The van der Waals surface area contributed by atoms with E-state index in [0.717, 1.165) is 0 Å². The largest absolute Gasteiger partial charge is 1.00 e. The second-order valence-corrected chi connectivity index (χ2v) is 3.84. The summed E-state index contributed by atoms with van der Waals surface area (Å²) in [7, 11) is -4.31. The van der Waals surface area contributed by atoms with E-state index in [1.807, 2.05) is 0 Å². The Morgan fingerprint density at radius 3 is 2.23 bits per heavy atom. The van der Waals surface area contributed by atoms with Crippen LogP contribution in [-0.4, -0.2) is 18.1 Å². The molecule has 0 spiro atoms. The first-order valence-corrected chi connectivity index (χ1v) is 4.62. The Morgan fingerprint density at radius 2 is 1.85 bits per heavy atom. The van der Waals surface area contributed by atoms with Crippen molar-refractivity contribution in [1.82, 2.24) is 0 Å². The molecule has 0 heterocycles. The van der Waals surface area contributed by atoms with Crippen molar-refractivity contribution in [2.75, 3.05) is 0 Å². The summed E-state index contributed by atoms with van der Waals surface area (Å²) in [6, 6.07) is 3.97. The van der Waals surface area contributed by atoms with E-state index in [9.17, 15) is 8.42 Å². The van der Waals surface area contributed by atoms with Gasteiger partial charge in [0.2, 0.25) is 0 Å². The number of aromatic hydroxyl groups is 1. The Balaban J connectivity index is 0.00000144. The second-order valence-electron chi connectivity index (χ2n) is 2.45. The van der Waals surface area contributed by atoms with Gasteiger partial charge in [-0.1, -0.05) is 6.07 Å². The van der Waals surface area contributed by atoms with Crippen LogP contribution in [0.15, 0.2) is 23.1 Å². The van der Waals surface area contributed by atoms with Gasteiger partial charge < -0.3 is 5.11 Å². The maximum absolute atomic E-state index is 10.6. The van der Waals surface area contributed by atoms with Crippen LogP contribution >= 0.6 is 0 Å². The van der Waals surface area contributed by atoms with Crippen molar-refractivity contribution in [3.63, 3.8) is 0 Å². The SMILES string of the molecule is Cc1ccc(O)c(S(=O)(=O)O)c1.[Na+]. The smallest absolute Gasteiger partial charge is 0.506 e. The van der Waals surface area contributed by atoms with Gasteiger partial charge in [-0.15, -0.1) is 0 Å². The summed E-state index contributed by atoms with van der Waals surface area (Å²) >= 11 is 0.